The van der Waals surface area contributed by atoms with Gasteiger partial charge in [-0.05, 0) is 50.5 Å². The van der Waals surface area contributed by atoms with Crippen LogP contribution in [0, 0.1) is 11.8 Å². The summed E-state index contributed by atoms with van der Waals surface area (Å²) in [6.07, 6.45) is 2.55. The zero-order valence-corrected chi connectivity index (χ0v) is 14.9. The average Bonchev–Trinajstić information content (AvgIpc) is 3.37. The van der Waals surface area contributed by atoms with Gasteiger partial charge in [0, 0.05) is 18.8 Å². The lowest BCUT2D eigenvalue weighted by Gasteiger charge is -2.21. The topological polar surface area (TPSA) is 58.6 Å². The fraction of sp³-hybridized carbons (Fsp3) is 0.579. The molecule has 1 saturated carbocycles. The number of amides is 2. The SMILES string of the molecule is CCCN(CCC)C(=O)C1CC1C(=O)Nc1ccc(OCC)cc1. The molecule has 1 aliphatic carbocycles. The fourth-order valence-electron chi connectivity index (χ4n) is 2.90. The Kier molecular flexibility index (Phi) is 6.64. The predicted molar refractivity (Wildman–Crippen MR) is 95.0 cm³/mol. The van der Waals surface area contributed by atoms with Crippen molar-refractivity contribution in [3.8, 4) is 5.75 Å². The molecule has 24 heavy (non-hydrogen) atoms. The zero-order chi connectivity index (χ0) is 17.5. The summed E-state index contributed by atoms with van der Waals surface area (Å²) in [6.45, 7) is 8.23. The van der Waals surface area contributed by atoms with Crippen molar-refractivity contribution in [1.82, 2.24) is 4.90 Å². The average molecular weight is 332 g/mol. The molecule has 0 bridgehead atoms. The van der Waals surface area contributed by atoms with Crippen LogP contribution in [0.25, 0.3) is 0 Å². The number of carbonyl (C=O) groups excluding carboxylic acids is 2. The van der Waals surface area contributed by atoms with Crippen molar-refractivity contribution in [3.05, 3.63) is 24.3 Å². The second-order valence-electron chi connectivity index (χ2n) is 6.22. The van der Waals surface area contributed by atoms with Crippen LogP contribution in [0.1, 0.15) is 40.0 Å². The number of anilines is 1. The van der Waals surface area contributed by atoms with E-state index in [-0.39, 0.29) is 23.7 Å². The van der Waals surface area contributed by atoms with Crippen molar-refractivity contribution in [2.45, 2.75) is 40.0 Å². The second-order valence-corrected chi connectivity index (χ2v) is 6.22. The van der Waals surface area contributed by atoms with E-state index in [1.54, 1.807) is 0 Å². The van der Waals surface area contributed by atoms with Crippen LogP contribution in [-0.4, -0.2) is 36.4 Å². The summed E-state index contributed by atoms with van der Waals surface area (Å²) < 4.78 is 5.38. The summed E-state index contributed by atoms with van der Waals surface area (Å²) >= 11 is 0. The third kappa shape index (κ3) is 4.73. The first-order valence-corrected chi connectivity index (χ1v) is 8.93. The quantitative estimate of drug-likeness (QED) is 0.755. The largest absolute Gasteiger partial charge is 0.494 e. The molecule has 0 heterocycles. The smallest absolute Gasteiger partial charge is 0.228 e. The molecule has 0 radical (unpaired) electrons. The van der Waals surface area contributed by atoms with Gasteiger partial charge in [-0.25, -0.2) is 0 Å². The summed E-state index contributed by atoms with van der Waals surface area (Å²) in [5.41, 5.74) is 0.737. The van der Waals surface area contributed by atoms with Crippen molar-refractivity contribution in [2.75, 3.05) is 25.0 Å². The summed E-state index contributed by atoms with van der Waals surface area (Å²) in [4.78, 5) is 26.7. The lowest BCUT2D eigenvalue weighted by molar-refractivity contribution is -0.134. The number of hydrogen-bond donors (Lipinski definition) is 1. The first kappa shape index (κ1) is 18.3. The van der Waals surface area contributed by atoms with Crippen LogP contribution < -0.4 is 10.1 Å². The zero-order valence-electron chi connectivity index (χ0n) is 14.9. The number of ether oxygens (including phenoxy) is 1. The molecule has 5 heteroatoms. The van der Waals surface area contributed by atoms with Gasteiger partial charge in [0.25, 0.3) is 0 Å². The van der Waals surface area contributed by atoms with Gasteiger partial charge in [-0.15, -0.1) is 0 Å². The first-order valence-electron chi connectivity index (χ1n) is 8.93. The molecule has 5 nitrogen and oxygen atoms in total. The third-order valence-corrected chi connectivity index (χ3v) is 4.18. The van der Waals surface area contributed by atoms with Gasteiger partial charge in [0.1, 0.15) is 5.75 Å². The summed E-state index contributed by atoms with van der Waals surface area (Å²) in [7, 11) is 0. The highest BCUT2D eigenvalue weighted by Crippen LogP contribution is 2.41. The van der Waals surface area contributed by atoms with Gasteiger partial charge in [0.05, 0.1) is 18.4 Å². The van der Waals surface area contributed by atoms with Crippen LogP contribution in [-0.2, 0) is 9.59 Å². The third-order valence-electron chi connectivity index (χ3n) is 4.18. The minimum Gasteiger partial charge on any atom is -0.494 e. The fourth-order valence-corrected chi connectivity index (χ4v) is 2.90. The monoisotopic (exact) mass is 332 g/mol. The van der Waals surface area contributed by atoms with Crippen LogP contribution in [0.4, 0.5) is 5.69 Å². The molecular weight excluding hydrogens is 304 g/mol. The molecule has 1 fully saturated rings. The standard InChI is InChI=1S/C19H28N2O3/c1-4-11-21(12-5-2)19(23)17-13-16(17)18(22)20-14-7-9-15(10-8-14)24-6-3/h7-10,16-17H,4-6,11-13H2,1-3H3,(H,20,22). The maximum Gasteiger partial charge on any atom is 0.228 e. The van der Waals surface area contributed by atoms with Gasteiger partial charge in [-0.2, -0.15) is 0 Å². The molecular formula is C19H28N2O3. The minimum absolute atomic E-state index is 0.0644. The molecule has 0 spiro atoms. The lowest BCUT2D eigenvalue weighted by Crippen LogP contribution is -2.34. The van der Waals surface area contributed by atoms with Gasteiger partial charge in [0.2, 0.25) is 11.8 Å². The van der Waals surface area contributed by atoms with E-state index in [2.05, 4.69) is 19.2 Å². The highest BCUT2D eigenvalue weighted by atomic mass is 16.5. The van der Waals surface area contributed by atoms with Crippen LogP contribution in [0.2, 0.25) is 0 Å². The van der Waals surface area contributed by atoms with Crippen LogP contribution in [0.3, 0.4) is 0 Å². The number of benzene rings is 1. The Hall–Kier alpha value is -2.04. The Bertz CT molecular complexity index is 550. The Morgan fingerprint density at radius 2 is 1.71 bits per heavy atom. The van der Waals surface area contributed by atoms with Gasteiger partial charge in [0.15, 0.2) is 0 Å². The van der Waals surface area contributed by atoms with Crippen molar-refractivity contribution < 1.29 is 14.3 Å². The highest BCUT2D eigenvalue weighted by molar-refractivity contribution is 5.99. The van der Waals surface area contributed by atoms with E-state index in [1.807, 2.05) is 36.1 Å². The van der Waals surface area contributed by atoms with E-state index < -0.39 is 0 Å². The van der Waals surface area contributed by atoms with E-state index in [4.69, 9.17) is 4.74 Å². The molecule has 1 N–H and O–H groups in total. The number of hydrogen-bond acceptors (Lipinski definition) is 3. The van der Waals surface area contributed by atoms with E-state index >= 15 is 0 Å². The number of nitrogens with zero attached hydrogens (tertiary/aromatic N) is 1. The van der Waals surface area contributed by atoms with Crippen molar-refractivity contribution in [2.24, 2.45) is 11.8 Å². The van der Waals surface area contributed by atoms with Crippen LogP contribution in [0.5, 0.6) is 5.75 Å². The van der Waals surface area contributed by atoms with E-state index in [0.717, 1.165) is 37.4 Å². The van der Waals surface area contributed by atoms with E-state index in [1.165, 1.54) is 0 Å². The molecule has 1 aromatic rings. The molecule has 2 rings (SSSR count). The molecule has 2 unspecified atom stereocenters. The molecule has 1 aromatic carbocycles. The number of nitrogens with one attached hydrogen (secondary N) is 1. The Morgan fingerprint density at radius 3 is 2.25 bits per heavy atom. The Labute approximate surface area is 144 Å². The highest BCUT2D eigenvalue weighted by Gasteiger charge is 2.49. The van der Waals surface area contributed by atoms with Gasteiger partial charge in [-0.1, -0.05) is 13.8 Å². The van der Waals surface area contributed by atoms with Gasteiger partial charge in [-0.3, -0.25) is 9.59 Å². The molecule has 0 saturated heterocycles. The van der Waals surface area contributed by atoms with Crippen molar-refractivity contribution in [3.63, 3.8) is 0 Å². The van der Waals surface area contributed by atoms with Gasteiger partial charge < -0.3 is 15.0 Å². The summed E-state index contributed by atoms with van der Waals surface area (Å²) in [5, 5.41) is 2.90. The lowest BCUT2D eigenvalue weighted by atomic mass is 10.2. The van der Waals surface area contributed by atoms with Crippen LogP contribution in [0.15, 0.2) is 24.3 Å². The number of rotatable bonds is 9. The molecule has 1 aliphatic rings. The second kappa shape index (κ2) is 8.71. The molecule has 0 aliphatic heterocycles. The first-order chi connectivity index (χ1) is 11.6. The van der Waals surface area contributed by atoms with Crippen molar-refractivity contribution >= 4 is 17.5 Å². The van der Waals surface area contributed by atoms with Crippen LogP contribution >= 0.6 is 0 Å². The maximum absolute atomic E-state index is 12.5. The molecule has 0 aromatic heterocycles. The Morgan fingerprint density at radius 1 is 1.08 bits per heavy atom. The molecule has 2 amide bonds. The van der Waals surface area contributed by atoms with Crippen molar-refractivity contribution in [1.29, 1.82) is 0 Å². The minimum atomic E-state index is -0.194. The summed E-state index contributed by atoms with van der Waals surface area (Å²) in [5.74, 6) is 0.506. The van der Waals surface area contributed by atoms with Gasteiger partial charge >= 0.3 is 0 Å². The summed E-state index contributed by atoms with van der Waals surface area (Å²) in [6, 6.07) is 7.31. The van der Waals surface area contributed by atoms with E-state index in [9.17, 15) is 9.59 Å². The number of carbonyl (C=O) groups is 2. The molecule has 2 atom stereocenters. The molecule has 132 valence electrons. The normalized spacial score (nSPS) is 18.8. The maximum atomic E-state index is 12.5. The van der Waals surface area contributed by atoms with E-state index in [0.29, 0.717) is 13.0 Å². The predicted octanol–water partition coefficient (Wildman–Crippen LogP) is 3.31. The Balaban J connectivity index is 1.87.